The third-order valence-corrected chi connectivity index (χ3v) is 7.14. The monoisotopic (exact) mass is 728 g/mol. The lowest BCUT2D eigenvalue weighted by Crippen LogP contribution is -2.15. The molecule has 0 heterocycles. The highest BCUT2D eigenvalue weighted by Crippen LogP contribution is 2.15. The van der Waals surface area contributed by atoms with Crippen molar-refractivity contribution in [2.75, 3.05) is 152 Å². The molecule has 0 bridgehead atoms. The summed E-state index contributed by atoms with van der Waals surface area (Å²) in [6.45, 7) is 13.9. The van der Waals surface area contributed by atoms with Crippen molar-refractivity contribution in [2.45, 2.75) is 51.9 Å². The Hall–Kier alpha value is -1.86. The molecule has 0 atom stereocenters. The van der Waals surface area contributed by atoms with Crippen LogP contribution < -0.4 is 4.74 Å². The van der Waals surface area contributed by atoms with Crippen LogP contribution in [-0.4, -0.2) is 152 Å². The van der Waals surface area contributed by atoms with Crippen molar-refractivity contribution in [3.05, 3.63) is 29.8 Å². The van der Waals surface area contributed by atoms with Gasteiger partial charge in [0.2, 0.25) is 0 Å². The molecule has 0 fully saturated rings. The van der Waals surface area contributed by atoms with Gasteiger partial charge < -0.3 is 56.8 Å². The van der Waals surface area contributed by atoms with Gasteiger partial charge in [-0.3, -0.25) is 0 Å². The smallest absolute Gasteiger partial charge is 0.119 e. The lowest BCUT2D eigenvalue weighted by Gasteiger charge is -2.09. The number of benzene rings is 1. The van der Waals surface area contributed by atoms with Gasteiger partial charge in [-0.05, 0) is 30.5 Å². The Bertz CT molecular complexity index is 852. The van der Waals surface area contributed by atoms with Gasteiger partial charge in [-0.2, -0.15) is 0 Å². The number of terminal acetylenes is 1. The highest BCUT2D eigenvalue weighted by molar-refractivity contribution is 5.27. The molecule has 1 rings (SSSR count). The summed E-state index contributed by atoms with van der Waals surface area (Å²) in [6, 6.07) is 8.43. The van der Waals surface area contributed by atoms with Crippen molar-refractivity contribution < 1.29 is 56.8 Å². The Morgan fingerprint density at radius 3 is 1.06 bits per heavy atom. The van der Waals surface area contributed by atoms with Gasteiger partial charge in [-0.25, -0.2) is 0 Å². The summed E-state index contributed by atoms with van der Waals surface area (Å²) in [6.07, 6.45) is 14.2. The molecule has 12 heteroatoms. The van der Waals surface area contributed by atoms with Gasteiger partial charge in [0, 0.05) is 0 Å². The number of unbranched alkanes of at least 4 members (excludes halogenated alkanes) is 5. The second kappa shape index (κ2) is 40.9. The molecule has 0 saturated carbocycles. The lowest BCUT2D eigenvalue weighted by atomic mass is 10.0. The zero-order valence-electron chi connectivity index (χ0n) is 31.5. The molecule has 1 aromatic rings. The summed E-state index contributed by atoms with van der Waals surface area (Å²) in [4.78, 5) is 0. The van der Waals surface area contributed by atoms with E-state index in [1.807, 2.05) is 12.1 Å². The molecular weight excluding hydrogens is 660 g/mol. The first-order valence-electron chi connectivity index (χ1n) is 18.9. The summed E-state index contributed by atoms with van der Waals surface area (Å²) < 4.78 is 65.7. The van der Waals surface area contributed by atoms with E-state index >= 15 is 0 Å². The Labute approximate surface area is 308 Å². The van der Waals surface area contributed by atoms with Crippen LogP contribution in [0.1, 0.15) is 51.0 Å². The minimum atomic E-state index is 0.308. The van der Waals surface area contributed by atoms with Crippen LogP contribution in [-0.2, 0) is 58.5 Å². The molecule has 1 aromatic carbocycles. The van der Waals surface area contributed by atoms with Crippen molar-refractivity contribution in [2.24, 2.45) is 0 Å². The predicted molar refractivity (Wildman–Crippen MR) is 197 cm³/mol. The average Bonchev–Trinajstić information content (AvgIpc) is 3.15. The second-order valence-corrected chi connectivity index (χ2v) is 11.4. The topological polar surface area (TPSA) is 111 Å². The molecule has 0 amide bonds. The average molecular weight is 729 g/mol. The normalized spacial score (nSPS) is 11.3. The van der Waals surface area contributed by atoms with Crippen LogP contribution in [0.4, 0.5) is 0 Å². The Kier molecular flexibility index (Phi) is 37.8. The molecule has 0 unspecified atom stereocenters. The van der Waals surface area contributed by atoms with Gasteiger partial charge in [0.15, 0.2) is 0 Å². The van der Waals surface area contributed by atoms with Crippen LogP contribution in [0.3, 0.4) is 0 Å². The fourth-order valence-corrected chi connectivity index (χ4v) is 4.41. The Balaban J connectivity index is 1.68. The molecule has 0 aliphatic heterocycles. The maximum atomic E-state index is 5.77. The SMILES string of the molecule is C#CCOCCOCCOCCOCCOCCOCCOCCOCCOCCOCCOCCOc1ccc(CCCCCCCC)cc1. The van der Waals surface area contributed by atoms with Crippen molar-refractivity contribution in [3.63, 3.8) is 0 Å². The van der Waals surface area contributed by atoms with Crippen LogP contribution in [0.2, 0.25) is 0 Å². The molecule has 0 spiro atoms. The minimum Gasteiger partial charge on any atom is -0.491 e. The first-order valence-corrected chi connectivity index (χ1v) is 18.9. The van der Waals surface area contributed by atoms with Gasteiger partial charge in [0.05, 0.1) is 139 Å². The molecule has 12 nitrogen and oxygen atoms in total. The second-order valence-electron chi connectivity index (χ2n) is 11.4. The predicted octanol–water partition coefficient (Wildman–Crippen LogP) is 4.78. The van der Waals surface area contributed by atoms with E-state index in [2.05, 4.69) is 25.0 Å². The number of hydrogen-bond donors (Lipinski definition) is 0. The summed E-state index contributed by atoms with van der Waals surface area (Å²) in [5.41, 5.74) is 1.38. The van der Waals surface area contributed by atoms with Crippen LogP contribution in [0.5, 0.6) is 5.75 Å². The highest BCUT2D eigenvalue weighted by atomic mass is 16.6. The van der Waals surface area contributed by atoms with Gasteiger partial charge in [0.25, 0.3) is 0 Å². The van der Waals surface area contributed by atoms with Crippen molar-refractivity contribution in [1.29, 1.82) is 0 Å². The first-order chi connectivity index (χ1) is 25.4. The van der Waals surface area contributed by atoms with Crippen molar-refractivity contribution >= 4 is 0 Å². The maximum Gasteiger partial charge on any atom is 0.119 e. The van der Waals surface area contributed by atoms with E-state index in [0.717, 1.165) is 12.2 Å². The molecule has 0 N–H and O–H groups in total. The molecule has 0 saturated heterocycles. The van der Waals surface area contributed by atoms with E-state index < -0.39 is 0 Å². The molecule has 296 valence electrons. The van der Waals surface area contributed by atoms with Gasteiger partial charge in [-0.15, -0.1) is 6.42 Å². The minimum absolute atomic E-state index is 0.308. The summed E-state index contributed by atoms with van der Waals surface area (Å²) in [5.74, 6) is 3.29. The molecule has 0 aromatic heterocycles. The number of aryl methyl sites for hydroxylation is 1. The standard InChI is InChI=1S/C39H68O12/c1-3-5-6-7-8-9-10-38-11-13-39(14-12-38)51-37-36-50-35-34-49-33-32-48-31-30-47-29-28-46-27-26-45-25-24-44-23-22-43-21-20-42-19-18-41-17-16-40-15-4-2/h2,11-14H,3,5-10,15-37H2,1H3. The maximum absolute atomic E-state index is 5.77. The van der Waals surface area contributed by atoms with E-state index in [4.69, 9.17) is 63.3 Å². The van der Waals surface area contributed by atoms with Crippen LogP contribution in [0.25, 0.3) is 0 Å². The molecule has 0 aliphatic rings. The number of rotatable bonds is 42. The third kappa shape index (κ3) is 36.3. The third-order valence-electron chi connectivity index (χ3n) is 7.14. The lowest BCUT2D eigenvalue weighted by molar-refractivity contribution is -0.0275. The van der Waals surface area contributed by atoms with Crippen LogP contribution in [0, 0.1) is 12.3 Å². The molecule has 51 heavy (non-hydrogen) atoms. The molecule has 0 aliphatic carbocycles. The molecular formula is C39H68O12. The van der Waals surface area contributed by atoms with E-state index in [1.165, 1.54) is 44.1 Å². The summed E-state index contributed by atoms with van der Waals surface area (Å²) in [5, 5.41) is 0. The van der Waals surface area contributed by atoms with Crippen LogP contribution in [0.15, 0.2) is 24.3 Å². The van der Waals surface area contributed by atoms with Gasteiger partial charge in [0.1, 0.15) is 19.0 Å². The zero-order valence-corrected chi connectivity index (χ0v) is 31.5. The van der Waals surface area contributed by atoms with Crippen LogP contribution >= 0.6 is 0 Å². The van der Waals surface area contributed by atoms with E-state index in [0.29, 0.717) is 152 Å². The quantitative estimate of drug-likeness (QED) is 0.0683. The summed E-state index contributed by atoms with van der Waals surface area (Å²) >= 11 is 0. The van der Waals surface area contributed by atoms with E-state index in [1.54, 1.807) is 0 Å². The van der Waals surface area contributed by atoms with E-state index in [-0.39, 0.29) is 0 Å². The Morgan fingerprint density at radius 2 is 0.706 bits per heavy atom. The first kappa shape index (κ1) is 47.2. The van der Waals surface area contributed by atoms with Gasteiger partial charge >= 0.3 is 0 Å². The fraction of sp³-hybridized carbons (Fsp3) is 0.795. The van der Waals surface area contributed by atoms with Crippen molar-refractivity contribution in [1.82, 2.24) is 0 Å². The Morgan fingerprint density at radius 1 is 0.392 bits per heavy atom. The fourth-order valence-electron chi connectivity index (χ4n) is 4.41. The summed E-state index contributed by atoms with van der Waals surface area (Å²) in [7, 11) is 0. The largest absolute Gasteiger partial charge is 0.491 e. The van der Waals surface area contributed by atoms with Gasteiger partial charge in [-0.1, -0.05) is 57.1 Å². The molecule has 0 radical (unpaired) electrons. The number of hydrogen-bond acceptors (Lipinski definition) is 12. The highest BCUT2D eigenvalue weighted by Gasteiger charge is 1.99. The van der Waals surface area contributed by atoms with Crippen molar-refractivity contribution in [3.8, 4) is 18.1 Å². The zero-order chi connectivity index (χ0) is 36.4. The number of ether oxygens (including phenoxy) is 12. The van der Waals surface area contributed by atoms with E-state index in [9.17, 15) is 0 Å².